The van der Waals surface area contributed by atoms with E-state index in [2.05, 4.69) is 0 Å². The highest BCUT2D eigenvalue weighted by atomic mass is 35.5. The van der Waals surface area contributed by atoms with Gasteiger partial charge in [0.1, 0.15) is 10.8 Å². The largest absolute Gasteiger partial charge is 0.339 e. The van der Waals surface area contributed by atoms with E-state index in [0.29, 0.717) is 42.0 Å². The van der Waals surface area contributed by atoms with Crippen molar-refractivity contribution in [3.63, 3.8) is 0 Å². The number of carbonyl (C=O) groups excluding carboxylic acids is 2. The highest BCUT2D eigenvalue weighted by molar-refractivity contribution is 6.41. The Bertz CT molecular complexity index is 519. The van der Waals surface area contributed by atoms with Crippen LogP contribution in [0.3, 0.4) is 0 Å². The van der Waals surface area contributed by atoms with Crippen molar-refractivity contribution in [2.75, 3.05) is 26.2 Å². The first-order chi connectivity index (χ1) is 8.91. The first kappa shape index (κ1) is 14.2. The Balaban J connectivity index is 2.09. The van der Waals surface area contributed by atoms with Gasteiger partial charge >= 0.3 is 0 Å². The topological polar surface area (TPSA) is 45.6 Å². The van der Waals surface area contributed by atoms with Crippen LogP contribution in [-0.2, 0) is 11.8 Å². The lowest BCUT2D eigenvalue weighted by molar-refractivity contribution is -0.130. The Morgan fingerprint density at radius 1 is 1.11 bits per heavy atom. The molecule has 2 amide bonds. The predicted molar refractivity (Wildman–Crippen MR) is 73.6 cm³/mol. The summed E-state index contributed by atoms with van der Waals surface area (Å²) in [5.41, 5.74) is 0.464. The number of carbonyl (C=O) groups is 2. The van der Waals surface area contributed by atoms with Gasteiger partial charge in [-0.05, 0) is 6.07 Å². The quantitative estimate of drug-likeness (QED) is 0.792. The van der Waals surface area contributed by atoms with E-state index >= 15 is 0 Å². The number of hydrogen-bond acceptors (Lipinski definition) is 2. The van der Waals surface area contributed by atoms with Crippen molar-refractivity contribution in [2.45, 2.75) is 6.92 Å². The summed E-state index contributed by atoms with van der Waals surface area (Å²) in [6.45, 7) is 3.71. The third-order valence-electron chi connectivity index (χ3n) is 3.35. The Morgan fingerprint density at radius 2 is 1.63 bits per heavy atom. The van der Waals surface area contributed by atoms with E-state index in [1.807, 2.05) is 0 Å². The minimum absolute atomic E-state index is 0.0389. The van der Waals surface area contributed by atoms with Crippen LogP contribution >= 0.6 is 23.2 Å². The van der Waals surface area contributed by atoms with E-state index in [1.165, 1.54) is 6.92 Å². The number of rotatable bonds is 1. The van der Waals surface area contributed by atoms with Crippen molar-refractivity contribution in [2.24, 2.45) is 7.05 Å². The maximum atomic E-state index is 12.3. The number of halogens is 2. The summed E-state index contributed by atoms with van der Waals surface area (Å²) in [7, 11) is 1.70. The molecule has 1 fully saturated rings. The third kappa shape index (κ3) is 2.72. The molecule has 19 heavy (non-hydrogen) atoms. The number of nitrogens with zero attached hydrogens (tertiary/aromatic N) is 3. The van der Waals surface area contributed by atoms with Gasteiger partial charge in [0.25, 0.3) is 5.91 Å². The summed E-state index contributed by atoms with van der Waals surface area (Å²) in [5.74, 6) is -0.0726. The van der Waals surface area contributed by atoms with E-state index < -0.39 is 0 Å². The van der Waals surface area contributed by atoms with E-state index in [-0.39, 0.29) is 11.8 Å². The molecule has 1 aromatic heterocycles. The molecule has 0 spiro atoms. The number of aromatic nitrogens is 1. The normalized spacial score (nSPS) is 15.8. The van der Waals surface area contributed by atoms with E-state index in [0.717, 1.165) is 0 Å². The van der Waals surface area contributed by atoms with Gasteiger partial charge in [-0.25, -0.2) is 0 Å². The molecule has 0 aliphatic carbocycles. The van der Waals surface area contributed by atoms with Gasteiger partial charge in [-0.3, -0.25) is 9.59 Å². The molecule has 104 valence electrons. The summed E-state index contributed by atoms with van der Waals surface area (Å²) < 4.78 is 1.57. The van der Waals surface area contributed by atoms with E-state index in [9.17, 15) is 9.59 Å². The second-order valence-electron chi connectivity index (χ2n) is 4.53. The summed E-state index contributed by atoms with van der Waals surface area (Å²) in [6.07, 6.45) is 0. The van der Waals surface area contributed by atoms with Gasteiger partial charge in [0.05, 0.1) is 5.02 Å². The lowest BCUT2D eigenvalue weighted by Gasteiger charge is -2.34. The Kier molecular flexibility index (Phi) is 4.06. The Labute approximate surface area is 121 Å². The minimum atomic E-state index is -0.112. The van der Waals surface area contributed by atoms with Crippen molar-refractivity contribution < 1.29 is 9.59 Å². The summed E-state index contributed by atoms with van der Waals surface area (Å²) in [6, 6.07) is 1.57. The fourth-order valence-electron chi connectivity index (χ4n) is 2.13. The monoisotopic (exact) mass is 303 g/mol. The first-order valence-electron chi connectivity index (χ1n) is 5.97. The summed E-state index contributed by atoms with van der Waals surface area (Å²) in [4.78, 5) is 27.0. The fraction of sp³-hybridized carbons (Fsp3) is 0.500. The highest BCUT2D eigenvalue weighted by Gasteiger charge is 2.25. The zero-order valence-electron chi connectivity index (χ0n) is 10.8. The summed E-state index contributed by atoms with van der Waals surface area (Å²) in [5, 5.41) is 0.724. The van der Waals surface area contributed by atoms with Crippen molar-refractivity contribution in [3.05, 3.63) is 21.9 Å². The molecule has 7 heteroatoms. The van der Waals surface area contributed by atoms with E-state index in [1.54, 1.807) is 27.5 Å². The fourth-order valence-corrected chi connectivity index (χ4v) is 2.51. The van der Waals surface area contributed by atoms with Gasteiger partial charge in [0.2, 0.25) is 5.91 Å². The smallest absolute Gasteiger partial charge is 0.270 e. The Morgan fingerprint density at radius 3 is 2.05 bits per heavy atom. The molecule has 0 saturated carbocycles. The molecular formula is C12H15Cl2N3O2. The van der Waals surface area contributed by atoms with Crippen LogP contribution in [-0.4, -0.2) is 52.4 Å². The van der Waals surface area contributed by atoms with Gasteiger partial charge < -0.3 is 14.4 Å². The van der Waals surface area contributed by atoms with Gasteiger partial charge in [0, 0.05) is 40.2 Å². The minimum Gasteiger partial charge on any atom is -0.339 e. The zero-order valence-corrected chi connectivity index (χ0v) is 12.3. The van der Waals surface area contributed by atoms with Crippen molar-refractivity contribution >= 4 is 35.0 Å². The summed E-state index contributed by atoms with van der Waals surface area (Å²) >= 11 is 11.9. The van der Waals surface area contributed by atoms with Gasteiger partial charge in [-0.15, -0.1) is 0 Å². The molecule has 0 atom stereocenters. The van der Waals surface area contributed by atoms with Crippen LogP contribution in [0.1, 0.15) is 17.4 Å². The SMILES string of the molecule is CC(=O)N1CCN(C(=O)c2cc(Cl)c(Cl)n2C)CC1. The molecule has 0 bridgehead atoms. The van der Waals surface area contributed by atoms with Crippen LogP contribution in [0.2, 0.25) is 10.2 Å². The zero-order chi connectivity index (χ0) is 14.2. The number of amides is 2. The highest BCUT2D eigenvalue weighted by Crippen LogP contribution is 2.26. The first-order valence-corrected chi connectivity index (χ1v) is 6.73. The van der Waals surface area contributed by atoms with Crippen LogP contribution in [0.25, 0.3) is 0 Å². The van der Waals surface area contributed by atoms with Crippen molar-refractivity contribution in [1.82, 2.24) is 14.4 Å². The molecule has 1 aliphatic heterocycles. The van der Waals surface area contributed by atoms with Crippen LogP contribution < -0.4 is 0 Å². The van der Waals surface area contributed by atoms with Crippen LogP contribution in [0, 0.1) is 0 Å². The maximum Gasteiger partial charge on any atom is 0.270 e. The average Bonchev–Trinajstić information content (AvgIpc) is 2.66. The maximum absolute atomic E-state index is 12.3. The molecule has 2 heterocycles. The van der Waals surface area contributed by atoms with Gasteiger partial charge in [-0.2, -0.15) is 0 Å². The van der Waals surface area contributed by atoms with Crippen molar-refractivity contribution in [3.8, 4) is 0 Å². The molecule has 1 saturated heterocycles. The number of hydrogen-bond donors (Lipinski definition) is 0. The predicted octanol–water partition coefficient (Wildman–Crippen LogP) is 1.64. The third-order valence-corrected chi connectivity index (χ3v) is 4.19. The molecule has 1 aromatic rings. The molecule has 1 aliphatic rings. The molecule has 0 N–H and O–H groups in total. The molecule has 0 aromatic carbocycles. The standard InChI is InChI=1S/C12H15Cl2N3O2/c1-8(18)16-3-5-17(6-4-16)12(19)10-7-9(13)11(14)15(10)2/h7H,3-6H2,1-2H3. The lowest BCUT2D eigenvalue weighted by Crippen LogP contribution is -2.50. The molecular weight excluding hydrogens is 289 g/mol. The van der Waals surface area contributed by atoms with Gasteiger partial charge in [-0.1, -0.05) is 23.2 Å². The average molecular weight is 304 g/mol. The molecule has 0 radical (unpaired) electrons. The second-order valence-corrected chi connectivity index (χ2v) is 5.29. The second kappa shape index (κ2) is 5.43. The molecule has 5 nitrogen and oxygen atoms in total. The lowest BCUT2D eigenvalue weighted by atomic mass is 10.2. The van der Waals surface area contributed by atoms with Crippen molar-refractivity contribution in [1.29, 1.82) is 0 Å². The molecule has 2 rings (SSSR count). The van der Waals surface area contributed by atoms with Crippen LogP contribution in [0.5, 0.6) is 0 Å². The van der Waals surface area contributed by atoms with Gasteiger partial charge in [0.15, 0.2) is 0 Å². The van der Waals surface area contributed by atoms with Crippen LogP contribution in [0.15, 0.2) is 6.07 Å². The van der Waals surface area contributed by atoms with E-state index in [4.69, 9.17) is 23.2 Å². The molecule has 0 unspecified atom stereocenters. The Hall–Kier alpha value is -1.20. The number of piperazine rings is 1. The van der Waals surface area contributed by atoms with Crippen LogP contribution in [0.4, 0.5) is 0 Å².